The molecule has 1 atom stereocenters. The molecule has 3 heteroatoms. The van der Waals surface area contributed by atoms with E-state index in [4.69, 9.17) is 4.74 Å². The van der Waals surface area contributed by atoms with Crippen molar-refractivity contribution in [2.45, 2.75) is 25.5 Å². The molecule has 0 aliphatic carbocycles. The molecule has 3 nitrogen and oxygen atoms in total. The van der Waals surface area contributed by atoms with Gasteiger partial charge in [-0.25, -0.2) is 0 Å². The van der Waals surface area contributed by atoms with Crippen LogP contribution in [0.15, 0.2) is 5.10 Å². The summed E-state index contributed by atoms with van der Waals surface area (Å²) in [5.41, 5.74) is 0. The van der Waals surface area contributed by atoms with Gasteiger partial charge in [0.15, 0.2) is 0 Å². The van der Waals surface area contributed by atoms with Gasteiger partial charge < -0.3 is 4.74 Å². The lowest BCUT2D eigenvalue weighted by Crippen LogP contribution is -2.32. The molecule has 10 heavy (non-hydrogen) atoms. The molecule has 0 N–H and O–H groups in total. The van der Waals surface area contributed by atoms with Crippen LogP contribution in [0.4, 0.5) is 0 Å². The van der Waals surface area contributed by atoms with Crippen LogP contribution in [0, 0.1) is 0 Å². The van der Waals surface area contributed by atoms with Gasteiger partial charge in [0.2, 0.25) is 0 Å². The molecule has 1 aliphatic heterocycles. The first-order chi connectivity index (χ1) is 4.84. The van der Waals surface area contributed by atoms with E-state index in [1.807, 2.05) is 7.05 Å². The molecule has 0 aromatic heterocycles. The maximum atomic E-state index is 5.42. The number of nitrogens with zero attached hydrogens (tertiary/aromatic N) is 2. The lowest BCUT2D eigenvalue weighted by Gasteiger charge is -2.28. The Kier molecular flexibility index (Phi) is 2.68. The van der Waals surface area contributed by atoms with Crippen molar-refractivity contribution in [1.82, 2.24) is 5.01 Å². The molecule has 0 bridgehead atoms. The lowest BCUT2D eigenvalue weighted by molar-refractivity contribution is -0.0738. The molecule has 0 aromatic rings. The molecule has 1 heterocycles. The standard InChI is InChI=1S/C7H14N2O/c1-8-9(2)7-5-3-4-6-10-7/h7H,1,3-6H2,2H3. The Balaban J connectivity index is 2.30. The fourth-order valence-corrected chi connectivity index (χ4v) is 1.11. The Morgan fingerprint density at radius 1 is 1.60 bits per heavy atom. The summed E-state index contributed by atoms with van der Waals surface area (Å²) in [6, 6.07) is 0. The minimum Gasteiger partial charge on any atom is -0.357 e. The fraction of sp³-hybridized carbons (Fsp3) is 0.857. The molecule has 0 radical (unpaired) electrons. The second kappa shape index (κ2) is 3.56. The van der Waals surface area contributed by atoms with E-state index in [-0.39, 0.29) is 6.23 Å². The largest absolute Gasteiger partial charge is 0.357 e. The smallest absolute Gasteiger partial charge is 0.145 e. The van der Waals surface area contributed by atoms with Crippen LogP contribution in [0.3, 0.4) is 0 Å². The zero-order valence-electron chi connectivity index (χ0n) is 6.42. The average Bonchev–Trinajstić information content (AvgIpc) is 2.05. The van der Waals surface area contributed by atoms with Gasteiger partial charge in [0.05, 0.1) is 0 Å². The summed E-state index contributed by atoms with van der Waals surface area (Å²) in [5, 5.41) is 5.55. The minimum atomic E-state index is 0.172. The molecule has 1 fully saturated rings. The molecule has 58 valence electrons. The van der Waals surface area contributed by atoms with Gasteiger partial charge in [0.25, 0.3) is 0 Å². The van der Waals surface area contributed by atoms with Crippen molar-refractivity contribution < 1.29 is 4.74 Å². The molecule has 0 saturated carbocycles. The van der Waals surface area contributed by atoms with Crippen molar-refractivity contribution in [3.05, 3.63) is 0 Å². The van der Waals surface area contributed by atoms with Gasteiger partial charge in [-0.15, -0.1) is 0 Å². The highest BCUT2D eigenvalue weighted by atomic mass is 16.5. The number of hydrogen-bond donors (Lipinski definition) is 0. The zero-order valence-corrected chi connectivity index (χ0v) is 6.42. The van der Waals surface area contributed by atoms with E-state index in [1.165, 1.54) is 12.8 Å². The molecule has 1 rings (SSSR count). The van der Waals surface area contributed by atoms with E-state index in [0.29, 0.717) is 0 Å². The van der Waals surface area contributed by atoms with Gasteiger partial charge in [0, 0.05) is 20.4 Å². The monoisotopic (exact) mass is 142 g/mol. The Morgan fingerprint density at radius 3 is 2.90 bits per heavy atom. The summed E-state index contributed by atoms with van der Waals surface area (Å²) < 4.78 is 5.42. The molecule has 0 amide bonds. The SMILES string of the molecule is C=NN(C)C1CCCCO1. The minimum absolute atomic E-state index is 0.172. The van der Waals surface area contributed by atoms with Crippen LogP contribution in [-0.2, 0) is 4.74 Å². The normalized spacial score (nSPS) is 25.9. The van der Waals surface area contributed by atoms with Gasteiger partial charge >= 0.3 is 0 Å². The first-order valence-electron chi connectivity index (χ1n) is 3.65. The van der Waals surface area contributed by atoms with Gasteiger partial charge in [-0.1, -0.05) is 0 Å². The third-order valence-electron chi connectivity index (χ3n) is 1.80. The van der Waals surface area contributed by atoms with Crippen LogP contribution in [-0.4, -0.2) is 31.6 Å². The van der Waals surface area contributed by atoms with E-state index in [2.05, 4.69) is 11.8 Å². The number of ether oxygens (including phenoxy) is 1. The third kappa shape index (κ3) is 1.70. The van der Waals surface area contributed by atoms with Crippen LogP contribution in [0.2, 0.25) is 0 Å². The van der Waals surface area contributed by atoms with Gasteiger partial charge in [-0.2, -0.15) is 5.10 Å². The first kappa shape index (κ1) is 7.54. The first-order valence-corrected chi connectivity index (χ1v) is 3.65. The van der Waals surface area contributed by atoms with Crippen molar-refractivity contribution in [1.29, 1.82) is 0 Å². The molecule has 1 saturated heterocycles. The van der Waals surface area contributed by atoms with Gasteiger partial charge in [-0.05, 0) is 19.3 Å². The summed E-state index contributed by atoms with van der Waals surface area (Å²) in [7, 11) is 1.89. The Labute approximate surface area is 61.7 Å². The maximum Gasteiger partial charge on any atom is 0.145 e. The summed E-state index contributed by atoms with van der Waals surface area (Å²) in [4.78, 5) is 0. The topological polar surface area (TPSA) is 24.8 Å². The summed E-state index contributed by atoms with van der Waals surface area (Å²) in [5.74, 6) is 0. The van der Waals surface area contributed by atoms with Crippen LogP contribution in [0.25, 0.3) is 0 Å². The molecule has 0 aromatic carbocycles. The molecular weight excluding hydrogens is 128 g/mol. The van der Waals surface area contributed by atoms with Crippen LogP contribution in [0.5, 0.6) is 0 Å². The van der Waals surface area contributed by atoms with Crippen molar-refractivity contribution in [3.8, 4) is 0 Å². The quantitative estimate of drug-likeness (QED) is 0.425. The van der Waals surface area contributed by atoms with Crippen LogP contribution < -0.4 is 0 Å². The molecular formula is C7H14N2O. The summed E-state index contributed by atoms with van der Waals surface area (Å²) in [6.45, 7) is 4.30. The maximum absolute atomic E-state index is 5.42. The average molecular weight is 142 g/mol. The predicted octanol–water partition coefficient (Wildman–Crippen LogP) is 1.06. The number of rotatable bonds is 2. The van der Waals surface area contributed by atoms with E-state index in [0.717, 1.165) is 13.0 Å². The fourth-order valence-electron chi connectivity index (χ4n) is 1.11. The Bertz CT molecular complexity index is 110. The molecule has 1 unspecified atom stereocenters. The van der Waals surface area contributed by atoms with Crippen molar-refractivity contribution in [3.63, 3.8) is 0 Å². The van der Waals surface area contributed by atoms with E-state index in [9.17, 15) is 0 Å². The van der Waals surface area contributed by atoms with E-state index >= 15 is 0 Å². The van der Waals surface area contributed by atoms with Crippen LogP contribution >= 0.6 is 0 Å². The molecule has 0 spiro atoms. The second-order valence-corrected chi connectivity index (χ2v) is 2.54. The zero-order chi connectivity index (χ0) is 7.40. The summed E-state index contributed by atoms with van der Waals surface area (Å²) in [6.07, 6.45) is 3.67. The Morgan fingerprint density at radius 2 is 2.40 bits per heavy atom. The van der Waals surface area contributed by atoms with Crippen molar-refractivity contribution in [2.75, 3.05) is 13.7 Å². The van der Waals surface area contributed by atoms with E-state index < -0.39 is 0 Å². The van der Waals surface area contributed by atoms with Gasteiger partial charge in [0.1, 0.15) is 6.23 Å². The van der Waals surface area contributed by atoms with Crippen molar-refractivity contribution >= 4 is 6.72 Å². The highest BCUT2D eigenvalue weighted by Crippen LogP contribution is 2.14. The van der Waals surface area contributed by atoms with Crippen LogP contribution in [0.1, 0.15) is 19.3 Å². The van der Waals surface area contributed by atoms with Gasteiger partial charge in [-0.3, -0.25) is 5.01 Å². The highest BCUT2D eigenvalue weighted by molar-refractivity contribution is 5.22. The Hall–Kier alpha value is -0.570. The number of hydrazone groups is 1. The summed E-state index contributed by atoms with van der Waals surface area (Å²) >= 11 is 0. The van der Waals surface area contributed by atoms with Crippen molar-refractivity contribution in [2.24, 2.45) is 5.10 Å². The molecule has 1 aliphatic rings. The third-order valence-corrected chi connectivity index (χ3v) is 1.80. The number of hydrogen-bond acceptors (Lipinski definition) is 3. The lowest BCUT2D eigenvalue weighted by atomic mass is 10.2. The van der Waals surface area contributed by atoms with E-state index in [1.54, 1.807) is 5.01 Å². The highest BCUT2D eigenvalue weighted by Gasteiger charge is 2.16. The predicted molar refractivity (Wildman–Crippen MR) is 40.9 cm³/mol. The second-order valence-electron chi connectivity index (χ2n) is 2.54.